The second kappa shape index (κ2) is 7.70. The zero-order chi connectivity index (χ0) is 19.7. The number of hydrogen-bond acceptors (Lipinski definition) is 3. The minimum Gasteiger partial charge on any atom is -0.352 e. The number of carbonyl (C=O) groups excluding carboxylic acids is 2. The molecule has 2 aliphatic rings. The average molecular weight is 445 g/mol. The standard InChI is InChI=1S/C21H25BrN4O2/c1-25-14-16(13-24-25)19(27)23-12-15-5-9-26(10-6-15)20(28)21(7-8-21)17-3-2-4-18(22)11-17/h2-4,11,13-15H,5-10,12H2,1H3,(H,23,27). The van der Waals surface area contributed by atoms with Crippen molar-refractivity contribution in [1.82, 2.24) is 20.0 Å². The van der Waals surface area contributed by atoms with Crippen LogP contribution in [0.5, 0.6) is 0 Å². The largest absolute Gasteiger partial charge is 0.352 e. The van der Waals surface area contributed by atoms with E-state index in [0.717, 1.165) is 48.8 Å². The molecular formula is C21H25BrN4O2. The van der Waals surface area contributed by atoms with Crippen molar-refractivity contribution < 1.29 is 9.59 Å². The highest BCUT2D eigenvalue weighted by Crippen LogP contribution is 2.50. The Bertz CT molecular complexity index is 882. The quantitative estimate of drug-likeness (QED) is 0.770. The van der Waals surface area contributed by atoms with E-state index in [1.807, 2.05) is 17.0 Å². The number of nitrogens with zero attached hydrogens (tertiary/aromatic N) is 3. The highest BCUT2D eigenvalue weighted by molar-refractivity contribution is 9.10. The topological polar surface area (TPSA) is 67.2 Å². The molecule has 6 nitrogen and oxygen atoms in total. The van der Waals surface area contributed by atoms with Crippen molar-refractivity contribution in [1.29, 1.82) is 0 Å². The van der Waals surface area contributed by atoms with Crippen LogP contribution in [0.25, 0.3) is 0 Å². The molecule has 1 saturated carbocycles. The van der Waals surface area contributed by atoms with Crippen LogP contribution in [-0.2, 0) is 17.3 Å². The van der Waals surface area contributed by atoms with Gasteiger partial charge < -0.3 is 10.2 Å². The van der Waals surface area contributed by atoms with Gasteiger partial charge in [0, 0.05) is 37.4 Å². The van der Waals surface area contributed by atoms with Crippen molar-refractivity contribution in [3.8, 4) is 0 Å². The number of rotatable bonds is 5. The second-order valence-electron chi connectivity index (χ2n) is 7.94. The van der Waals surface area contributed by atoms with E-state index in [-0.39, 0.29) is 17.2 Å². The number of hydrogen-bond donors (Lipinski definition) is 1. The molecule has 28 heavy (non-hydrogen) atoms. The van der Waals surface area contributed by atoms with E-state index in [0.29, 0.717) is 18.0 Å². The van der Waals surface area contributed by atoms with Gasteiger partial charge in [-0.2, -0.15) is 5.10 Å². The molecular weight excluding hydrogens is 420 g/mol. The molecule has 1 aromatic heterocycles. The normalized spacial score (nSPS) is 18.7. The van der Waals surface area contributed by atoms with E-state index in [4.69, 9.17) is 0 Å². The highest BCUT2D eigenvalue weighted by atomic mass is 79.9. The number of amides is 2. The van der Waals surface area contributed by atoms with Gasteiger partial charge in [0.2, 0.25) is 5.91 Å². The van der Waals surface area contributed by atoms with Gasteiger partial charge in [-0.1, -0.05) is 28.1 Å². The van der Waals surface area contributed by atoms with Gasteiger partial charge in [0.25, 0.3) is 5.91 Å². The summed E-state index contributed by atoms with van der Waals surface area (Å²) in [6.07, 6.45) is 7.01. The number of aryl methyl sites for hydroxylation is 1. The first-order chi connectivity index (χ1) is 13.5. The summed E-state index contributed by atoms with van der Waals surface area (Å²) in [5.41, 5.74) is 1.39. The first-order valence-electron chi connectivity index (χ1n) is 9.80. The maximum atomic E-state index is 13.2. The molecule has 7 heteroatoms. The van der Waals surface area contributed by atoms with E-state index in [1.165, 1.54) is 0 Å². The molecule has 2 fully saturated rings. The summed E-state index contributed by atoms with van der Waals surface area (Å²) in [5.74, 6) is 0.590. The van der Waals surface area contributed by atoms with Gasteiger partial charge in [-0.15, -0.1) is 0 Å². The van der Waals surface area contributed by atoms with Gasteiger partial charge in [-0.05, 0) is 49.3 Å². The molecule has 1 aromatic carbocycles. The van der Waals surface area contributed by atoms with Gasteiger partial charge in [-0.3, -0.25) is 14.3 Å². The molecule has 0 spiro atoms. The summed E-state index contributed by atoms with van der Waals surface area (Å²) in [6.45, 7) is 2.18. The smallest absolute Gasteiger partial charge is 0.254 e. The average Bonchev–Trinajstić information content (AvgIpc) is 3.41. The van der Waals surface area contributed by atoms with Crippen molar-refractivity contribution >= 4 is 27.7 Å². The number of halogens is 1. The summed E-state index contributed by atoms with van der Waals surface area (Å²) in [7, 11) is 1.80. The van der Waals surface area contributed by atoms with E-state index in [2.05, 4.69) is 38.5 Å². The van der Waals surface area contributed by atoms with Gasteiger partial charge in [0.15, 0.2) is 0 Å². The van der Waals surface area contributed by atoms with Crippen LogP contribution in [0.2, 0.25) is 0 Å². The van der Waals surface area contributed by atoms with E-state index >= 15 is 0 Å². The maximum absolute atomic E-state index is 13.2. The van der Waals surface area contributed by atoms with E-state index < -0.39 is 0 Å². The first kappa shape index (κ1) is 19.2. The zero-order valence-electron chi connectivity index (χ0n) is 16.0. The molecule has 0 unspecified atom stereocenters. The molecule has 0 radical (unpaired) electrons. The first-order valence-corrected chi connectivity index (χ1v) is 10.6. The van der Waals surface area contributed by atoms with Gasteiger partial charge in [0.1, 0.15) is 0 Å². The van der Waals surface area contributed by atoms with Crippen molar-refractivity contribution in [2.24, 2.45) is 13.0 Å². The molecule has 148 valence electrons. The molecule has 2 heterocycles. The van der Waals surface area contributed by atoms with Crippen molar-refractivity contribution in [3.05, 3.63) is 52.3 Å². The minimum atomic E-state index is -0.314. The SMILES string of the molecule is Cn1cc(C(=O)NCC2CCN(C(=O)C3(c4cccc(Br)c4)CC3)CC2)cn1. The van der Waals surface area contributed by atoms with E-state index in [1.54, 1.807) is 24.1 Å². The summed E-state index contributed by atoms with van der Waals surface area (Å²) in [4.78, 5) is 27.4. The summed E-state index contributed by atoms with van der Waals surface area (Å²) >= 11 is 3.52. The maximum Gasteiger partial charge on any atom is 0.254 e. The Morgan fingerprint density at radius 2 is 2.04 bits per heavy atom. The number of aromatic nitrogens is 2. The number of nitrogens with one attached hydrogen (secondary N) is 1. The lowest BCUT2D eigenvalue weighted by atomic mass is 9.91. The lowest BCUT2D eigenvalue weighted by Crippen LogP contribution is -2.45. The Labute approximate surface area is 173 Å². The van der Waals surface area contributed by atoms with Gasteiger partial charge in [0.05, 0.1) is 17.2 Å². The third kappa shape index (κ3) is 3.85. The Hall–Kier alpha value is -2.15. The molecule has 1 aliphatic heterocycles. The third-order valence-corrected chi connectivity index (χ3v) is 6.45. The molecule has 2 aromatic rings. The fraction of sp³-hybridized carbons (Fsp3) is 0.476. The molecule has 4 rings (SSSR count). The van der Waals surface area contributed by atoms with Crippen LogP contribution in [0, 0.1) is 5.92 Å². The number of carbonyl (C=O) groups is 2. The van der Waals surface area contributed by atoms with Crippen LogP contribution < -0.4 is 5.32 Å². The van der Waals surface area contributed by atoms with Crippen LogP contribution in [0.4, 0.5) is 0 Å². The third-order valence-electron chi connectivity index (χ3n) is 5.96. The van der Waals surface area contributed by atoms with Crippen molar-refractivity contribution in [2.75, 3.05) is 19.6 Å². The van der Waals surface area contributed by atoms with Crippen LogP contribution in [0.15, 0.2) is 41.1 Å². The van der Waals surface area contributed by atoms with Gasteiger partial charge in [-0.25, -0.2) is 0 Å². The Kier molecular flexibility index (Phi) is 5.27. The highest BCUT2D eigenvalue weighted by Gasteiger charge is 2.53. The second-order valence-corrected chi connectivity index (χ2v) is 8.86. The van der Waals surface area contributed by atoms with Crippen LogP contribution in [0.3, 0.4) is 0 Å². The predicted molar refractivity (Wildman–Crippen MR) is 110 cm³/mol. The zero-order valence-corrected chi connectivity index (χ0v) is 17.6. The molecule has 0 atom stereocenters. The Morgan fingerprint density at radius 1 is 1.29 bits per heavy atom. The Morgan fingerprint density at radius 3 is 2.64 bits per heavy atom. The summed E-state index contributed by atoms with van der Waals surface area (Å²) < 4.78 is 2.64. The van der Waals surface area contributed by atoms with Crippen LogP contribution >= 0.6 is 15.9 Å². The monoisotopic (exact) mass is 444 g/mol. The predicted octanol–water partition coefficient (Wildman–Crippen LogP) is 2.88. The molecule has 1 aliphatic carbocycles. The lowest BCUT2D eigenvalue weighted by Gasteiger charge is -2.34. The molecule has 2 amide bonds. The Balaban J connectivity index is 1.29. The minimum absolute atomic E-state index is 0.0850. The fourth-order valence-corrected chi connectivity index (χ4v) is 4.46. The molecule has 0 bridgehead atoms. The number of piperidine rings is 1. The van der Waals surface area contributed by atoms with Crippen LogP contribution in [-0.4, -0.2) is 46.1 Å². The summed E-state index contributed by atoms with van der Waals surface area (Å²) in [6, 6.07) is 8.14. The number of likely N-dealkylation sites (tertiary alicyclic amines) is 1. The number of benzene rings is 1. The fourth-order valence-electron chi connectivity index (χ4n) is 4.06. The van der Waals surface area contributed by atoms with Crippen molar-refractivity contribution in [2.45, 2.75) is 31.1 Å². The van der Waals surface area contributed by atoms with E-state index in [9.17, 15) is 9.59 Å². The molecule has 1 saturated heterocycles. The molecule has 1 N–H and O–H groups in total. The lowest BCUT2D eigenvalue weighted by molar-refractivity contribution is -0.135. The summed E-state index contributed by atoms with van der Waals surface area (Å²) in [5, 5.41) is 7.03. The van der Waals surface area contributed by atoms with Gasteiger partial charge >= 0.3 is 0 Å². The van der Waals surface area contributed by atoms with Crippen LogP contribution in [0.1, 0.15) is 41.6 Å². The van der Waals surface area contributed by atoms with Crippen molar-refractivity contribution in [3.63, 3.8) is 0 Å².